The van der Waals surface area contributed by atoms with Crippen LogP contribution in [-0.4, -0.2) is 65.8 Å². The number of likely N-dealkylation sites (tertiary alicyclic amines) is 1. The molecule has 5 nitrogen and oxygen atoms in total. The second-order valence-electron chi connectivity index (χ2n) is 8.28. The highest BCUT2D eigenvalue weighted by atomic mass is 16.3. The van der Waals surface area contributed by atoms with Gasteiger partial charge in [-0.1, -0.05) is 25.7 Å². The molecule has 1 aliphatic heterocycles. The van der Waals surface area contributed by atoms with Crippen molar-refractivity contribution in [2.45, 2.75) is 75.9 Å². The Labute approximate surface area is 146 Å². The second-order valence-corrected chi connectivity index (χ2v) is 8.28. The van der Waals surface area contributed by atoms with Gasteiger partial charge >= 0.3 is 6.03 Å². The lowest BCUT2D eigenvalue weighted by Crippen LogP contribution is -2.59. The number of aliphatic hydroxyl groups excluding tert-OH is 1. The summed E-state index contributed by atoms with van der Waals surface area (Å²) in [5.41, 5.74) is 0.171. The van der Waals surface area contributed by atoms with Crippen LogP contribution in [0.4, 0.5) is 4.79 Å². The van der Waals surface area contributed by atoms with E-state index in [0.29, 0.717) is 12.5 Å². The standard InChI is InChI=1S/C19H35N3O2/c1-21(14-17(23)16-8-9-16)18(24)20-15-19(10-4-2-5-11-19)22-12-6-3-7-13-22/h16-17,23H,2-15H2,1H3,(H,20,24). The quantitative estimate of drug-likeness (QED) is 0.783. The Balaban J connectivity index is 1.53. The molecule has 5 heteroatoms. The summed E-state index contributed by atoms with van der Waals surface area (Å²) in [5.74, 6) is 0.415. The molecule has 1 unspecified atom stereocenters. The molecule has 2 saturated carbocycles. The lowest BCUT2D eigenvalue weighted by Gasteiger charge is -2.48. The van der Waals surface area contributed by atoms with E-state index < -0.39 is 0 Å². The maximum Gasteiger partial charge on any atom is 0.317 e. The molecule has 0 aromatic carbocycles. The molecule has 0 radical (unpaired) electrons. The third-order valence-electron chi connectivity index (χ3n) is 6.35. The zero-order valence-electron chi connectivity index (χ0n) is 15.3. The molecule has 2 N–H and O–H groups in total. The molecule has 0 aromatic rings. The van der Waals surface area contributed by atoms with Crippen molar-refractivity contribution < 1.29 is 9.90 Å². The number of rotatable bonds is 6. The van der Waals surface area contributed by atoms with Crippen molar-refractivity contribution in [2.24, 2.45) is 5.92 Å². The highest BCUT2D eigenvalue weighted by Gasteiger charge is 2.39. The highest BCUT2D eigenvalue weighted by molar-refractivity contribution is 5.74. The van der Waals surface area contributed by atoms with Gasteiger partial charge in [0.05, 0.1) is 6.10 Å². The van der Waals surface area contributed by atoms with E-state index in [-0.39, 0.29) is 17.7 Å². The van der Waals surface area contributed by atoms with Crippen LogP contribution in [0.15, 0.2) is 0 Å². The SMILES string of the molecule is CN(CC(O)C1CC1)C(=O)NCC1(N2CCCCC2)CCCCC1. The Bertz CT molecular complexity index is 413. The van der Waals surface area contributed by atoms with Crippen molar-refractivity contribution >= 4 is 6.03 Å². The van der Waals surface area contributed by atoms with E-state index in [1.807, 2.05) is 0 Å². The van der Waals surface area contributed by atoms with E-state index in [4.69, 9.17) is 0 Å². The van der Waals surface area contributed by atoms with Gasteiger partial charge in [0.1, 0.15) is 0 Å². The van der Waals surface area contributed by atoms with Gasteiger partial charge in [-0.05, 0) is 57.5 Å². The van der Waals surface area contributed by atoms with E-state index in [1.54, 1.807) is 11.9 Å². The summed E-state index contributed by atoms with van der Waals surface area (Å²) < 4.78 is 0. The number of nitrogens with zero attached hydrogens (tertiary/aromatic N) is 2. The largest absolute Gasteiger partial charge is 0.391 e. The molecule has 1 heterocycles. The molecule has 3 aliphatic rings. The molecule has 3 rings (SSSR count). The number of aliphatic hydroxyl groups is 1. The maximum atomic E-state index is 12.5. The summed E-state index contributed by atoms with van der Waals surface area (Å²) in [6.45, 7) is 3.58. The Morgan fingerprint density at radius 3 is 2.42 bits per heavy atom. The van der Waals surface area contributed by atoms with Crippen molar-refractivity contribution in [3.05, 3.63) is 0 Å². The van der Waals surface area contributed by atoms with Crippen molar-refractivity contribution in [3.8, 4) is 0 Å². The van der Waals surface area contributed by atoms with Crippen LogP contribution in [-0.2, 0) is 0 Å². The van der Waals surface area contributed by atoms with Crippen molar-refractivity contribution in [3.63, 3.8) is 0 Å². The van der Waals surface area contributed by atoms with E-state index >= 15 is 0 Å². The third kappa shape index (κ3) is 4.42. The maximum absolute atomic E-state index is 12.5. The zero-order chi connectivity index (χ0) is 17.0. The Kier molecular flexibility index (Phi) is 6.03. The minimum Gasteiger partial charge on any atom is -0.391 e. The molecule has 2 amide bonds. The predicted octanol–water partition coefficient (Wildman–Crippen LogP) is 2.59. The van der Waals surface area contributed by atoms with E-state index in [2.05, 4.69) is 10.2 Å². The number of carbonyl (C=O) groups excluding carboxylic acids is 1. The van der Waals surface area contributed by atoms with Gasteiger partial charge in [-0.3, -0.25) is 4.90 Å². The van der Waals surface area contributed by atoms with Crippen LogP contribution in [0.5, 0.6) is 0 Å². The van der Waals surface area contributed by atoms with Crippen LogP contribution in [0.3, 0.4) is 0 Å². The smallest absolute Gasteiger partial charge is 0.317 e. The van der Waals surface area contributed by atoms with Crippen molar-refractivity contribution in [2.75, 3.05) is 33.2 Å². The Hall–Kier alpha value is -0.810. The number of likely N-dealkylation sites (N-methyl/N-ethyl adjacent to an activating group) is 1. The lowest BCUT2D eigenvalue weighted by atomic mass is 9.79. The molecule has 138 valence electrons. The first-order valence-electron chi connectivity index (χ1n) is 10.0. The van der Waals surface area contributed by atoms with Crippen molar-refractivity contribution in [1.82, 2.24) is 15.1 Å². The molecule has 2 aliphatic carbocycles. The summed E-state index contributed by atoms with van der Waals surface area (Å²) in [4.78, 5) is 16.8. The normalized spacial score (nSPS) is 25.9. The Morgan fingerprint density at radius 1 is 1.17 bits per heavy atom. The topological polar surface area (TPSA) is 55.8 Å². The number of hydrogen-bond acceptors (Lipinski definition) is 3. The van der Waals surface area contributed by atoms with Crippen LogP contribution in [0, 0.1) is 5.92 Å². The van der Waals surface area contributed by atoms with Gasteiger partial charge in [-0.15, -0.1) is 0 Å². The first kappa shape index (κ1) is 18.0. The van der Waals surface area contributed by atoms with Gasteiger partial charge in [-0.2, -0.15) is 0 Å². The van der Waals surface area contributed by atoms with Crippen LogP contribution in [0.25, 0.3) is 0 Å². The van der Waals surface area contributed by atoms with E-state index in [9.17, 15) is 9.90 Å². The molecule has 0 spiro atoms. The van der Waals surface area contributed by atoms with Crippen LogP contribution >= 0.6 is 0 Å². The summed E-state index contributed by atoms with van der Waals surface area (Å²) >= 11 is 0. The van der Waals surface area contributed by atoms with Crippen molar-refractivity contribution in [1.29, 1.82) is 0 Å². The number of nitrogens with one attached hydrogen (secondary N) is 1. The molecule has 24 heavy (non-hydrogen) atoms. The second kappa shape index (κ2) is 8.05. The van der Waals surface area contributed by atoms with Gasteiger partial charge in [0.15, 0.2) is 0 Å². The van der Waals surface area contributed by atoms with Crippen LogP contribution < -0.4 is 5.32 Å². The molecule has 1 atom stereocenters. The van der Waals surface area contributed by atoms with Gasteiger partial charge < -0.3 is 15.3 Å². The zero-order valence-corrected chi connectivity index (χ0v) is 15.3. The minimum absolute atomic E-state index is 0.0309. The summed E-state index contributed by atoms with van der Waals surface area (Å²) in [5, 5.41) is 13.2. The fraction of sp³-hybridized carbons (Fsp3) is 0.947. The molecule has 1 saturated heterocycles. The predicted molar refractivity (Wildman–Crippen MR) is 96.0 cm³/mol. The van der Waals surface area contributed by atoms with Gasteiger partial charge in [-0.25, -0.2) is 4.79 Å². The first-order chi connectivity index (χ1) is 11.6. The molecule has 0 aromatic heterocycles. The average molecular weight is 338 g/mol. The fourth-order valence-electron chi connectivity index (χ4n) is 4.55. The van der Waals surface area contributed by atoms with Gasteiger partial charge in [0, 0.05) is 25.7 Å². The van der Waals surface area contributed by atoms with Crippen LogP contribution in [0.1, 0.15) is 64.2 Å². The molecular weight excluding hydrogens is 302 g/mol. The van der Waals surface area contributed by atoms with Gasteiger partial charge in [0.2, 0.25) is 0 Å². The highest BCUT2D eigenvalue weighted by Crippen LogP contribution is 2.35. The number of carbonyl (C=O) groups is 1. The lowest BCUT2D eigenvalue weighted by molar-refractivity contribution is 0.0340. The first-order valence-corrected chi connectivity index (χ1v) is 10.0. The average Bonchev–Trinajstić information content (AvgIpc) is 3.46. The summed E-state index contributed by atoms with van der Waals surface area (Å²) in [6.07, 6.45) is 12.1. The fourth-order valence-corrected chi connectivity index (χ4v) is 4.55. The molecule has 0 bridgehead atoms. The number of amides is 2. The third-order valence-corrected chi connectivity index (χ3v) is 6.35. The Morgan fingerprint density at radius 2 is 1.79 bits per heavy atom. The number of hydrogen-bond donors (Lipinski definition) is 2. The number of urea groups is 1. The van der Waals surface area contributed by atoms with E-state index in [1.165, 1.54) is 64.5 Å². The molecule has 3 fully saturated rings. The summed E-state index contributed by atoms with van der Waals surface area (Å²) in [6, 6.07) is -0.0309. The minimum atomic E-state index is -0.355. The van der Waals surface area contributed by atoms with E-state index in [0.717, 1.165) is 19.4 Å². The van der Waals surface area contributed by atoms with Crippen LogP contribution in [0.2, 0.25) is 0 Å². The monoisotopic (exact) mass is 337 g/mol. The number of piperidine rings is 1. The van der Waals surface area contributed by atoms with Gasteiger partial charge in [0.25, 0.3) is 0 Å². The summed E-state index contributed by atoms with van der Waals surface area (Å²) in [7, 11) is 1.80. The molecular formula is C19H35N3O2.